The molecular formula is C14H17N3. The molecule has 0 spiro atoms. The molecule has 2 heterocycles. The number of aromatic amines is 1. The maximum absolute atomic E-state index is 4.08. The van der Waals surface area contributed by atoms with Crippen LogP contribution >= 0.6 is 0 Å². The molecule has 88 valence electrons. The minimum absolute atomic E-state index is 0.778. The number of nitrogens with zero attached hydrogens (tertiary/aromatic N) is 1. The fourth-order valence-electron chi connectivity index (χ4n) is 3.66. The summed E-state index contributed by atoms with van der Waals surface area (Å²) in [5.74, 6) is 1.78. The number of piperidine rings is 1. The lowest BCUT2D eigenvalue weighted by Gasteiger charge is -2.14. The van der Waals surface area contributed by atoms with Crippen LogP contribution in [0.1, 0.15) is 18.4 Å². The number of hydrogen-bond donors (Lipinski definition) is 2. The van der Waals surface area contributed by atoms with Gasteiger partial charge in [-0.25, -0.2) is 0 Å². The highest BCUT2D eigenvalue weighted by Gasteiger charge is 2.40. The molecule has 0 amide bonds. The number of benzene rings is 1. The van der Waals surface area contributed by atoms with Gasteiger partial charge in [-0.3, -0.25) is 5.10 Å². The fraction of sp³-hybridized carbons (Fsp3) is 0.500. The van der Waals surface area contributed by atoms with Gasteiger partial charge in [0.2, 0.25) is 0 Å². The van der Waals surface area contributed by atoms with Crippen LogP contribution in [0, 0.1) is 11.8 Å². The number of aromatic nitrogens is 2. The van der Waals surface area contributed by atoms with E-state index in [2.05, 4.69) is 33.7 Å². The molecule has 3 nitrogen and oxygen atoms in total. The summed E-state index contributed by atoms with van der Waals surface area (Å²) in [6.07, 6.45) is 5.95. The molecule has 4 rings (SSSR count). The van der Waals surface area contributed by atoms with E-state index in [1.807, 2.05) is 6.20 Å². The lowest BCUT2D eigenvalue weighted by molar-refractivity contribution is 0.449. The topological polar surface area (TPSA) is 40.7 Å². The Balaban J connectivity index is 1.62. The van der Waals surface area contributed by atoms with Gasteiger partial charge in [0.1, 0.15) is 0 Å². The molecule has 3 unspecified atom stereocenters. The molecule has 1 aliphatic heterocycles. The Kier molecular flexibility index (Phi) is 2.03. The smallest absolute Gasteiger partial charge is 0.0650 e. The lowest BCUT2D eigenvalue weighted by atomic mass is 9.90. The molecule has 2 N–H and O–H groups in total. The second kappa shape index (κ2) is 3.57. The van der Waals surface area contributed by atoms with Crippen molar-refractivity contribution >= 4 is 10.9 Å². The van der Waals surface area contributed by atoms with Crippen LogP contribution in [-0.4, -0.2) is 22.8 Å². The minimum Gasteiger partial charge on any atom is -0.313 e. The summed E-state index contributed by atoms with van der Waals surface area (Å²) in [7, 11) is 0. The minimum atomic E-state index is 0.778. The van der Waals surface area contributed by atoms with Crippen molar-refractivity contribution in [3.8, 4) is 0 Å². The van der Waals surface area contributed by atoms with E-state index in [0.717, 1.165) is 23.4 Å². The van der Waals surface area contributed by atoms with E-state index in [9.17, 15) is 0 Å². The quantitative estimate of drug-likeness (QED) is 0.825. The van der Waals surface area contributed by atoms with Crippen LogP contribution in [0.3, 0.4) is 0 Å². The molecule has 0 radical (unpaired) electrons. The van der Waals surface area contributed by atoms with Gasteiger partial charge in [0.25, 0.3) is 0 Å². The number of hydrogen-bond acceptors (Lipinski definition) is 2. The average molecular weight is 227 g/mol. The first-order valence-electron chi connectivity index (χ1n) is 6.55. The first-order valence-corrected chi connectivity index (χ1v) is 6.55. The van der Waals surface area contributed by atoms with Crippen molar-refractivity contribution in [2.24, 2.45) is 11.8 Å². The van der Waals surface area contributed by atoms with Crippen LogP contribution in [0.5, 0.6) is 0 Å². The highest BCUT2D eigenvalue weighted by atomic mass is 15.1. The van der Waals surface area contributed by atoms with E-state index in [0.29, 0.717) is 0 Å². The maximum atomic E-state index is 4.08. The normalized spacial score (nSPS) is 31.4. The molecular weight excluding hydrogens is 210 g/mol. The van der Waals surface area contributed by atoms with Crippen molar-refractivity contribution in [1.29, 1.82) is 0 Å². The summed E-state index contributed by atoms with van der Waals surface area (Å²) in [4.78, 5) is 0. The molecule has 3 heteroatoms. The Morgan fingerprint density at radius 1 is 1.29 bits per heavy atom. The predicted molar refractivity (Wildman–Crippen MR) is 67.8 cm³/mol. The van der Waals surface area contributed by atoms with Crippen LogP contribution in [-0.2, 0) is 6.42 Å². The monoisotopic (exact) mass is 227 g/mol. The standard InChI is InChI=1S/C14H17N3/c1-3-13-11(8-16-17-13)5-9(1)6-12-10-2-4-14(12)15-7-10/h1,3,5,8,10,12,14-15H,2,4,6-7H2,(H,16,17). The van der Waals surface area contributed by atoms with Crippen molar-refractivity contribution in [1.82, 2.24) is 15.5 Å². The summed E-state index contributed by atoms with van der Waals surface area (Å²) in [5.41, 5.74) is 2.60. The van der Waals surface area contributed by atoms with Crippen LogP contribution in [0.15, 0.2) is 24.4 Å². The van der Waals surface area contributed by atoms with Gasteiger partial charge in [-0.2, -0.15) is 5.10 Å². The number of rotatable bonds is 2. The SMILES string of the molecule is c1cc2[nH]ncc2cc1CC1C2CCC1NC2. The Morgan fingerprint density at radius 2 is 2.29 bits per heavy atom. The zero-order valence-electron chi connectivity index (χ0n) is 9.82. The molecule has 2 fully saturated rings. The Bertz CT molecular complexity index is 525. The van der Waals surface area contributed by atoms with E-state index in [1.54, 1.807) is 0 Å². The molecule has 17 heavy (non-hydrogen) atoms. The third-order valence-corrected chi connectivity index (χ3v) is 4.59. The van der Waals surface area contributed by atoms with Crippen LogP contribution in [0.25, 0.3) is 10.9 Å². The van der Waals surface area contributed by atoms with Gasteiger partial charge in [-0.1, -0.05) is 6.07 Å². The zero-order valence-corrected chi connectivity index (χ0v) is 9.82. The molecule has 1 aromatic heterocycles. The van der Waals surface area contributed by atoms with Gasteiger partial charge < -0.3 is 5.32 Å². The van der Waals surface area contributed by atoms with Crippen molar-refractivity contribution in [3.05, 3.63) is 30.0 Å². The largest absolute Gasteiger partial charge is 0.313 e. The highest BCUT2D eigenvalue weighted by molar-refractivity contribution is 5.78. The van der Waals surface area contributed by atoms with Gasteiger partial charge in [-0.15, -0.1) is 0 Å². The van der Waals surface area contributed by atoms with Crippen molar-refractivity contribution in [3.63, 3.8) is 0 Å². The summed E-state index contributed by atoms with van der Waals surface area (Å²) >= 11 is 0. The second-order valence-corrected chi connectivity index (χ2v) is 5.51. The molecule has 1 saturated carbocycles. The van der Waals surface area contributed by atoms with E-state index < -0.39 is 0 Å². The summed E-state index contributed by atoms with van der Waals surface area (Å²) in [6, 6.07) is 7.47. The van der Waals surface area contributed by atoms with Gasteiger partial charge in [0.15, 0.2) is 0 Å². The van der Waals surface area contributed by atoms with Gasteiger partial charge in [0, 0.05) is 11.4 Å². The fourth-order valence-corrected chi connectivity index (χ4v) is 3.66. The third-order valence-electron chi connectivity index (χ3n) is 4.59. The van der Waals surface area contributed by atoms with Crippen LogP contribution < -0.4 is 5.32 Å². The van der Waals surface area contributed by atoms with Crippen molar-refractivity contribution in [2.75, 3.05) is 6.54 Å². The molecule has 3 atom stereocenters. The van der Waals surface area contributed by atoms with Gasteiger partial charge in [0.05, 0.1) is 11.7 Å². The van der Waals surface area contributed by atoms with Crippen LogP contribution in [0.4, 0.5) is 0 Å². The third kappa shape index (κ3) is 1.49. The first-order chi connectivity index (χ1) is 8.40. The highest BCUT2D eigenvalue weighted by Crippen LogP contribution is 2.39. The first kappa shape index (κ1) is 9.66. The Morgan fingerprint density at radius 3 is 3.06 bits per heavy atom. The Hall–Kier alpha value is -1.35. The van der Waals surface area contributed by atoms with Crippen molar-refractivity contribution in [2.45, 2.75) is 25.3 Å². The summed E-state index contributed by atoms with van der Waals surface area (Å²) in [5, 5.41) is 12.0. The lowest BCUT2D eigenvalue weighted by Crippen LogP contribution is -2.26. The molecule has 1 saturated heterocycles. The predicted octanol–water partition coefficient (Wildman–Crippen LogP) is 2.10. The summed E-state index contributed by atoms with van der Waals surface area (Å²) in [6.45, 7) is 1.24. The number of H-pyrrole nitrogens is 1. The average Bonchev–Trinajstić information content (AvgIpc) is 3.05. The van der Waals surface area contributed by atoms with Crippen LogP contribution in [0.2, 0.25) is 0 Å². The molecule has 1 aromatic carbocycles. The molecule has 1 aliphatic carbocycles. The van der Waals surface area contributed by atoms with E-state index in [4.69, 9.17) is 0 Å². The zero-order chi connectivity index (χ0) is 11.2. The number of nitrogens with one attached hydrogen (secondary N) is 2. The van der Waals surface area contributed by atoms with E-state index in [-0.39, 0.29) is 0 Å². The van der Waals surface area contributed by atoms with Gasteiger partial charge in [-0.05, 0) is 55.3 Å². The molecule has 2 aliphatic rings. The molecule has 2 aromatic rings. The van der Waals surface area contributed by atoms with Crippen molar-refractivity contribution < 1.29 is 0 Å². The maximum Gasteiger partial charge on any atom is 0.0650 e. The molecule has 2 bridgehead atoms. The number of fused-ring (bicyclic) bond motifs is 3. The van der Waals surface area contributed by atoms with E-state index >= 15 is 0 Å². The summed E-state index contributed by atoms with van der Waals surface area (Å²) < 4.78 is 0. The second-order valence-electron chi connectivity index (χ2n) is 5.51. The van der Waals surface area contributed by atoms with E-state index in [1.165, 1.54) is 36.8 Å². The Labute approximate surface area is 101 Å². The van der Waals surface area contributed by atoms with Gasteiger partial charge >= 0.3 is 0 Å².